The molecule has 4 heterocycles. The SMILES string of the molecule is CC1=CN(Cc2ccc(-c3ccccc3F)o2)C(=O)CC1=O.O=C1C=CN(Cc2ccc(-c3cccc(Cl)c3)o2)C(=O)C1. The molecule has 10 heteroatoms. The molecule has 0 spiro atoms. The van der Waals surface area contributed by atoms with E-state index in [2.05, 4.69) is 0 Å². The molecule has 0 radical (unpaired) electrons. The summed E-state index contributed by atoms with van der Waals surface area (Å²) >= 11 is 5.95. The van der Waals surface area contributed by atoms with E-state index < -0.39 is 0 Å². The van der Waals surface area contributed by atoms with E-state index in [9.17, 15) is 23.6 Å². The van der Waals surface area contributed by atoms with Gasteiger partial charge in [0.05, 0.1) is 31.5 Å². The average Bonchev–Trinajstić information content (AvgIpc) is 3.64. The van der Waals surface area contributed by atoms with E-state index in [1.165, 1.54) is 34.3 Å². The second-order valence-electron chi connectivity index (χ2n) is 9.94. The Kier molecular flexibility index (Phi) is 8.82. The van der Waals surface area contributed by atoms with Crippen LogP contribution in [0.2, 0.25) is 5.02 Å². The first-order valence-electron chi connectivity index (χ1n) is 13.4. The summed E-state index contributed by atoms with van der Waals surface area (Å²) in [5.74, 6) is 1.11. The summed E-state index contributed by atoms with van der Waals surface area (Å²) in [4.78, 5) is 49.1. The van der Waals surface area contributed by atoms with E-state index in [-0.39, 0.29) is 48.6 Å². The molecule has 2 aromatic carbocycles. The zero-order valence-electron chi connectivity index (χ0n) is 23.1. The lowest BCUT2D eigenvalue weighted by atomic mass is 10.1. The van der Waals surface area contributed by atoms with Crippen molar-refractivity contribution in [2.24, 2.45) is 0 Å². The van der Waals surface area contributed by atoms with E-state index >= 15 is 0 Å². The number of nitrogens with zero attached hydrogens (tertiary/aromatic N) is 2. The van der Waals surface area contributed by atoms with Gasteiger partial charge in [0.25, 0.3) is 0 Å². The summed E-state index contributed by atoms with van der Waals surface area (Å²) in [6.45, 7) is 2.20. The Hall–Kier alpha value is -5.02. The molecular weight excluding hydrogens is 575 g/mol. The van der Waals surface area contributed by atoms with Gasteiger partial charge < -0.3 is 18.6 Å². The van der Waals surface area contributed by atoms with Gasteiger partial charge in [-0.1, -0.05) is 35.9 Å². The Morgan fingerprint density at radius 2 is 1.47 bits per heavy atom. The molecule has 0 bridgehead atoms. The third kappa shape index (κ3) is 7.25. The fourth-order valence-electron chi connectivity index (χ4n) is 4.46. The maximum atomic E-state index is 13.7. The minimum Gasteiger partial charge on any atom is -0.459 e. The number of amides is 2. The van der Waals surface area contributed by atoms with Gasteiger partial charge in [-0.25, -0.2) is 4.39 Å². The molecule has 0 fully saturated rings. The van der Waals surface area contributed by atoms with Crippen LogP contribution in [0.4, 0.5) is 4.39 Å². The second kappa shape index (κ2) is 12.9. The summed E-state index contributed by atoms with van der Waals surface area (Å²) in [7, 11) is 0. The maximum Gasteiger partial charge on any atom is 0.234 e. The van der Waals surface area contributed by atoms with Crippen molar-refractivity contribution in [3.8, 4) is 22.6 Å². The molecule has 0 saturated heterocycles. The normalized spacial score (nSPS) is 15.0. The van der Waals surface area contributed by atoms with Crippen molar-refractivity contribution >= 4 is 35.0 Å². The first-order valence-corrected chi connectivity index (χ1v) is 13.7. The van der Waals surface area contributed by atoms with Crippen LogP contribution in [-0.2, 0) is 32.3 Å². The molecule has 2 aromatic heterocycles. The molecule has 0 N–H and O–H groups in total. The van der Waals surface area contributed by atoms with E-state index in [1.54, 1.807) is 43.3 Å². The zero-order valence-corrected chi connectivity index (χ0v) is 23.8. The third-order valence-electron chi connectivity index (χ3n) is 6.73. The lowest BCUT2D eigenvalue weighted by Crippen LogP contribution is -2.32. The topological polar surface area (TPSA) is 101 Å². The molecular formula is C33H26ClFN2O6. The number of carbonyl (C=O) groups excluding carboxylic acids is 4. The molecule has 8 nitrogen and oxygen atoms in total. The van der Waals surface area contributed by atoms with E-state index in [0.717, 1.165) is 5.56 Å². The zero-order chi connectivity index (χ0) is 30.5. The van der Waals surface area contributed by atoms with Crippen LogP contribution in [0, 0.1) is 5.82 Å². The Bertz CT molecular complexity index is 1770. The van der Waals surface area contributed by atoms with Gasteiger partial charge in [-0.3, -0.25) is 19.2 Å². The van der Waals surface area contributed by atoms with Crippen LogP contribution in [-0.4, -0.2) is 33.2 Å². The van der Waals surface area contributed by atoms with Crippen LogP contribution in [0.25, 0.3) is 22.6 Å². The molecule has 0 unspecified atom stereocenters. The van der Waals surface area contributed by atoms with Gasteiger partial charge in [0.15, 0.2) is 11.6 Å². The lowest BCUT2D eigenvalue weighted by Gasteiger charge is -2.22. The Labute approximate surface area is 251 Å². The molecule has 6 rings (SSSR count). The largest absolute Gasteiger partial charge is 0.459 e. The highest BCUT2D eigenvalue weighted by molar-refractivity contribution is 6.30. The first kappa shape index (κ1) is 29.5. The average molecular weight is 601 g/mol. The number of halogens is 2. The van der Waals surface area contributed by atoms with E-state index in [4.69, 9.17) is 20.4 Å². The number of rotatable bonds is 6. The van der Waals surface area contributed by atoms with Crippen molar-refractivity contribution in [2.75, 3.05) is 0 Å². The van der Waals surface area contributed by atoms with Gasteiger partial charge in [-0.05, 0) is 61.5 Å². The fraction of sp³-hybridized carbons (Fsp3) is 0.152. The smallest absolute Gasteiger partial charge is 0.234 e. The Morgan fingerprint density at radius 3 is 2.19 bits per heavy atom. The van der Waals surface area contributed by atoms with Gasteiger partial charge in [0.2, 0.25) is 11.8 Å². The number of furan rings is 2. The van der Waals surface area contributed by atoms with Crippen molar-refractivity contribution in [3.05, 3.63) is 119 Å². The second-order valence-corrected chi connectivity index (χ2v) is 10.4. The fourth-order valence-corrected chi connectivity index (χ4v) is 4.65. The van der Waals surface area contributed by atoms with Crippen molar-refractivity contribution in [2.45, 2.75) is 32.9 Å². The monoisotopic (exact) mass is 600 g/mol. The van der Waals surface area contributed by atoms with Crippen molar-refractivity contribution in [3.63, 3.8) is 0 Å². The van der Waals surface area contributed by atoms with Gasteiger partial charge in [0, 0.05) is 28.6 Å². The molecule has 0 saturated carbocycles. The maximum absolute atomic E-state index is 13.7. The number of ketones is 2. The molecule has 2 aliphatic heterocycles. The Balaban J connectivity index is 0.000000171. The number of allylic oxidation sites excluding steroid dienone is 2. The number of carbonyl (C=O) groups is 4. The van der Waals surface area contributed by atoms with Crippen LogP contribution < -0.4 is 0 Å². The lowest BCUT2D eigenvalue weighted by molar-refractivity contribution is -0.135. The number of hydrogen-bond donors (Lipinski definition) is 0. The molecule has 2 amide bonds. The summed E-state index contributed by atoms with van der Waals surface area (Å²) in [5, 5.41) is 0.637. The third-order valence-corrected chi connectivity index (χ3v) is 6.97. The molecule has 2 aliphatic rings. The molecule has 4 aromatic rings. The van der Waals surface area contributed by atoms with Gasteiger partial charge in [-0.15, -0.1) is 0 Å². The molecule has 218 valence electrons. The highest BCUT2D eigenvalue weighted by Gasteiger charge is 2.24. The van der Waals surface area contributed by atoms with E-state index in [0.29, 0.717) is 45.7 Å². The summed E-state index contributed by atoms with van der Waals surface area (Å²) < 4.78 is 25.1. The highest BCUT2D eigenvalue weighted by atomic mass is 35.5. The predicted octanol–water partition coefficient (Wildman–Crippen LogP) is 6.71. The van der Waals surface area contributed by atoms with Crippen LogP contribution >= 0.6 is 11.6 Å². The van der Waals surface area contributed by atoms with Gasteiger partial charge >= 0.3 is 0 Å². The quantitative estimate of drug-likeness (QED) is 0.228. The summed E-state index contributed by atoms with van der Waals surface area (Å²) in [6, 6.07) is 20.7. The number of hydrogen-bond acceptors (Lipinski definition) is 6. The summed E-state index contributed by atoms with van der Waals surface area (Å²) in [5.41, 5.74) is 1.80. The molecule has 43 heavy (non-hydrogen) atoms. The Morgan fingerprint density at radius 1 is 0.791 bits per heavy atom. The van der Waals surface area contributed by atoms with Crippen LogP contribution in [0.1, 0.15) is 31.3 Å². The van der Waals surface area contributed by atoms with Crippen LogP contribution in [0.3, 0.4) is 0 Å². The van der Waals surface area contributed by atoms with Gasteiger partial charge in [-0.2, -0.15) is 0 Å². The predicted molar refractivity (Wildman–Crippen MR) is 157 cm³/mol. The minimum atomic E-state index is -0.362. The van der Waals surface area contributed by atoms with Crippen LogP contribution in [0.5, 0.6) is 0 Å². The number of Topliss-reactive ketones (excluding diaryl/α,β-unsaturated/α-hetero) is 1. The van der Waals surface area contributed by atoms with Crippen molar-refractivity contribution in [1.29, 1.82) is 0 Å². The van der Waals surface area contributed by atoms with Gasteiger partial charge in [0.1, 0.15) is 28.9 Å². The molecule has 0 atom stereocenters. The minimum absolute atomic E-state index is 0.0850. The standard InChI is InChI=1S/C17H14FNO3.C16H12ClNO3/c1-11-9-19(17(21)8-15(11)20)10-12-6-7-16(22-12)13-4-2-3-5-14(13)18;17-12-3-1-2-11(8-12)15-5-4-14(21-15)10-18-7-6-13(19)9-16(18)20/h2-7,9H,8,10H2,1H3;1-8H,9-10H2. The van der Waals surface area contributed by atoms with E-state index in [1.807, 2.05) is 30.3 Å². The van der Waals surface area contributed by atoms with Crippen molar-refractivity contribution < 1.29 is 32.4 Å². The summed E-state index contributed by atoms with van der Waals surface area (Å²) in [6.07, 6.45) is 4.22. The molecule has 0 aliphatic carbocycles. The highest BCUT2D eigenvalue weighted by Crippen LogP contribution is 2.27. The number of benzene rings is 2. The first-order chi connectivity index (χ1) is 20.7. The van der Waals surface area contributed by atoms with Crippen molar-refractivity contribution in [1.82, 2.24) is 9.80 Å². The van der Waals surface area contributed by atoms with Crippen LogP contribution in [0.15, 0.2) is 106 Å².